The number of ether oxygens (including phenoxy) is 1. The van der Waals surface area contributed by atoms with Gasteiger partial charge in [0.1, 0.15) is 11.6 Å². The summed E-state index contributed by atoms with van der Waals surface area (Å²) in [5.41, 5.74) is 1.28. The molecule has 2 aromatic rings. The molecule has 0 aliphatic carbocycles. The zero-order valence-corrected chi connectivity index (χ0v) is 14.6. The van der Waals surface area contributed by atoms with Gasteiger partial charge in [-0.15, -0.1) is 0 Å². The lowest BCUT2D eigenvalue weighted by Gasteiger charge is -2.15. The van der Waals surface area contributed by atoms with Crippen LogP contribution < -0.4 is 14.8 Å². The molecular weight excluding hydrogens is 396 g/mol. The van der Waals surface area contributed by atoms with E-state index in [1.165, 1.54) is 13.3 Å². The monoisotopic (exact) mass is 406 g/mol. The first kappa shape index (κ1) is 16.9. The maximum absolute atomic E-state index is 10.8. The molecule has 10 heteroatoms. The van der Waals surface area contributed by atoms with Gasteiger partial charge in [-0.2, -0.15) is 4.98 Å². The molecule has 0 radical (unpaired) electrons. The van der Waals surface area contributed by atoms with E-state index in [1.54, 1.807) is 18.2 Å². The Morgan fingerprint density at radius 3 is 2.86 bits per heavy atom. The molecule has 1 aromatic heterocycles. The van der Waals surface area contributed by atoms with Crippen molar-refractivity contribution in [3.05, 3.63) is 39.7 Å². The van der Waals surface area contributed by atoms with Crippen molar-refractivity contribution in [2.45, 2.75) is 6.54 Å². The van der Waals surface area contributed by atoms with Gasteiger partial charge in [-0.1, -0.05) is 6.07 Å². The van der Waals surface area contributed by atoms with Crippen LogP contribution in [0.5, 0.6) is 5.75 Å². The minimum Gasteiger partial charge on any atom is -0.496 e. The molecule has 0 bridgehead atoms. The number of methoxy groups -OCH3 is 1. The number of benzene rings is 1. The molecule has 22 heavy (non-hydrogen) atoms. The summed E-state index contributed by atoms with van der Waals surface area (Å²) in [6.07, 6.45) is 1.52. The first-order valence-electron chi connectivity index (χ1n) is 6.00. The summed E-state index contributed by atoms with van der Waals surface area (Å²) < 4.78 is 29.8. The summed E-state index contributed by atoms with van der Waals surface area (Å²) in [5, 5.41) is 3.17. The minimum absolute atomic E-state index is 0.0848. The number of hydrogen-bond acceptors (Lipinski definition) is 6. The van der Waals surface area contributed by atoms with Crippen LogP contribution in [-0.4, -0.2) is 25.5 Å². The number of rotatable bonds is 6. The Balaban J connectivity index is 2.39. The number of nitrogens with zero attached hydrogens (tertiary/aromatic N) is 2. The molecule has 0 aliphatic heterocycles. The molecule has 0 amide bonds. The molecule has 0 atom stereocenters. The Kier molecular flexibility index (Phi) is 5.95. The van der Waals surface area contributed by atoms with Crippen molar-refractivity contribution < 1.29 is 13.2 Å². The van der Waals surface area contributed by atoms with E-state index in [2.05, 4.69) is 35.9 Å². The molecule has 0 aliphatic rings. The topological polar surface area (TPSA) is 93.2 Å². The Labute approximate surface area is 142 Å². The second-order valence-corrected chi connectivity index (χ2v) is 6.06. The number of nitrogens with one attached hydrogen (secondary N) is 2. The highest BCUT2D eigenvalue weighted by atomic mass is 79.9. The predicted octanol–water partition coefficient (Wildman–Crippen LogP) is 2.26. The van der Waals surface area contributed by atoms with E-state index in [9.17, 15) is 8.42 Å². The maximum atomic E-state index is 10.8. The fourth-order valence-corrected chi connectivity index (χ4v) is 2.47. The number of thiol groups is 1. The molecule has 1 aromatic carbocycles. The van der Waals surface area contributed by atoms with Gasteiger partial charge in [0.25, 0.3) is 0 Å². The molecule has 7 nitrogen and oxygen atoms in total. The van der Waals surface area contributed by atoms with Gasteiger partial charge >= 0.3 is 0 Å². The number of hydrogen-bond donors (Lipinski definition) is 3. The van der Waals surface area contributed by atoms with Gasteiger partial charge in [-0.05, 0) is 39.7 Å². The van der Waals surface area contributed by atoms with Crippen LogP contribution in [0.15, 0.2) is 28.9 Å². The molecule has 0 unspecified atom stereocenters. The Morgan fingerprint density at radius 1 is 1.41 bits per heavy atom. The van der Waals surface area contributed by atoms with Crippen molar-refractivity contribution >= 4 is 49.9 Å². The summed E-state index contributed by atoms with van der Waals surface area (Å²) in [4.78, 5) is 7.92. The lowest BCUT2D eigenvalue weighted by molar-refractivity contribution is 0.409. The van der Waals surface area contributed by atoms with Crippen LogP contribution in [0.4, 0.5) is 11.5 Å². The van der Waals surface area contributed by atoms with Crippen LogP contribution in [0, 0.1) is 0 Å². The van der Waals surface area contributed by atoms with Crippen molar-refractivity contribution in [3.8, 4) is 5.75 Å². The molecule has 0 spiro atoms. The smallest absolute Gasteiger partial charge is 0.224 e. The number of anilines is 2. The molecule has 118 valence electrons. The van der Waals surface area contributed by atoms with Crippen LogP contribution in [0.2, 0.25) is 5.28 Å². The van der Waals surface area contributed by atoms with Gasteiger partial charge in [0, 0.05) is 24.0 Å². The van der Waals surface area contributed by atoms with E-state index in [0.29, 0.717) is 27.3 Å². The van der Waals surface area contributed by atoms with Gasteiger partial charge in [0.05, 0.1) is 11.6 Å². The third-order valence-electron chi connectivity index (χ3n) is 2.71. The van der Waals surface area contributed by atoms with E-state index in [1.807, 2.05) is 0 Å². The first-order chi connectivity index (χ1) is 10.5. The summed E-state index contributed by atoms with van der Waals surface area (Å²) in [6.45, 7) is 0.0848. The summed E-state index contributed by atoms with van der Waals surface area (Å²) in [7, 11) is -1.20. The zero-order chi connectivity index (χ0) is 16.1. The van der Waals surface area contributed by atoms with E-state index in [4.69, 9.17) is 16.3 Å². The van der Waals surface area contributed by atoms with E-state index in [0.717, 1.165) is 0 Å². The highest BCUT2D eigenvalue weighted by molar-refractivity contribution is 9.10. The fourth-order valence-electron chi connectivity index (χ4n) is 1.76. The van der Waals surface area contributed by atoms with Crippen molar-refractivity contribution in [1.82, 2.24) is 14.7 Å². The van der Waals surface area contributed by atoms with E-state index >= 15 is 0 Å². The van der Waals surface area contributed by atoms with Crippen LogP contribution in [0.25, 0.3) is 0 Å². The number of aromatic nitrogens is 2. The standard InChI is InChI=1S/C12H12BrClN4O3S/c1-21-10-4-2-3-9(7(10)5-16-22(19)20)17-11-8(13)6-15-12(14)18-11/h2-4,6,22H,5H2,1H3,(H,15,17,18)(H,16,19,20). The molecule has 1 heterocycles. The Bertz CT molecular complexity index is 749. The number of halogens is 2. The lowest BCUT2D eigenvalue weighted by Crippen LogP contribution is -2.13. The van der Waals surface area contributed by atoms with Crippen LogP contribution in [-0.2, 0) is 17.4 Å². The van der Waals surface area contributed by atoms with Gasteiger partial charge in [-0.25, -0.2) is 18.1 Å². The van der Waals surface area contributed by atoms with Crippen LogP contribution in [0.1, 0.15) is 5.56 Å². The Hall–Kier alpha value is -1.42. The maximum Gasteiger partial charge on any atom is 0.224 e. The first-order valence-corrected chi connectivity index (χ1v) is 8.35. The average molecular weight is 408 g/mol. The van der Waals surface area contributed by atoms with Crippen molar-refractivity contribution in [2.75, 3.05) is 12.4 Å². The van der Waals surface area contributed by atoms with Gasteiger partial charge < -0.3 is 10.1 Å². The quantitative estimate of drug-likeness (QED) is 0.502. The SMILES string of the molecule is COc1cccc(Nc2nc(Cl)ncc2Br)c1CN[SH](=O)=O. The highest BCUT2D eigenvalue weighted by Gasteiger charge is 2.12. The zero-order valence-electron chi connectivity index (χ0n) is 11.3. The third kappa shape index (κ3) is 4.29. The Morgan fingerprint density at radius 2 is 2.18 bits per heavy atom. The second kappa shape index (κ2) is 7.73. The van der Waals surface area contributed by atoms with Gasteiger partial charge in [-0.3, -0.25) is 0 Å². The summed E-state index contributed by atoms with van der Waals surface area (Å²) in [5.74, 6) is 1.01. The molecule has 2 N–H and O–H groups in total. The fraction of sp³-hybridized carbons (Fsp3) is 0.167. The third-order valence-corrected chi connectivity index (χ3v) is 3.88. The van der Waals surface area contributed by atoms with Crippen molar-refractivity contribution in [1.29, 1.82) is 0 Å². The van der Waals surface area contributed by atoms with Gasteiger partial charge in [0.15, 0.2) is 0 Å². The molecule has 0 fully saturated rings. The largest absolute Gasteiger partial charge is 0.496 e. The van der Waals surface area contributed by atoms with Crippen LogP contribution in [0.3, 0.4) is 0 Å². The minimum atomic E-state index is -2.71. The molecule has 0 saturated heterocycles. The predicted molar refractivity (Wildman–Crippen MR) is 88.2 cm³/mol. The second-order valence-electron chi connectivity index (χ2n) is 4.04. The highest BCUT2D eigenvalue weighted by Crippen LogP contribution is 2.31. The molecule has 0 saturated carbocycles. The lowest BCUT2D eigenvalue weighted by atomic mass is 10.1. The van der Waals surface area contributed by atoms with Gasteiger partial charge in [0.2, 0.25) is 16.2 Å². The normalized spacial score (nSPS) is 10.7. The van der Waals surface area contributed by atoms with Crippen LogP contribution >= 0.6 is 27.5 Å². The van der Waals surface area contributed by atoms with E-state index < -0.39 is 10.9 Å². The average Bonchev–Trinajstić information content (AvgIpc) is 2.49. The van der Waals surface area contributed by atoms with E-state index in [-0.39, 0.29) is 11.8 Å². The van der Waals surface area contributed by atoms with Crippen molar-refractivity contribution in [2.24, 2.45) is 0 Å². The molecular formula is C12H12BrClN4O3S. The summed E-state index contributed by atoms with van der Waals surface area (Å²) >= 11 is 9.10. The molecule has 2 rings (SSSR count). The summed E-state index contributed by atoms with van der Waals surface area (Å²) in [6, 6.07) is 5.29. The van der Waals surface area contributed by atoms with Crippen molar-refractivity contribution in [3.63, 3.8) is 0 Å².